The van der Waals surface area contributed by atoms with Crippen LogP contribution in [0.3, 0.4) is 0 Å². The molecule has 0 aliphatic rings. The van der Waals surface area contributed by atoms with Gasteiger partial charge >= 0.3 is 5.76 Å². The maximum atomic E-state index is 11.9. The van der Waals surface area contributed by atoms with Crippen LogP contribution in [0.4, 0.5) is 0 Å². The van der Waals surface area contributed by atoms with Gasteiger partial charge in [-0.05, 0) is 6.92 Å². The Morgan fingerprint density at radius 2 is 2.14 bits per heavy atom. The molecule has 2 N–H and O–H groups in total. The van der Waals surface area contributed by atoms with Crippen molar-refractivity contribution >= 4 is 5.91 Å². The number of carbonyl (C=O) groups is 1. The first-order chi connectivity index (χ1) is 10.6. The number of carbonyl (C=O) groups excluding carboxylic acids is 1. The van der Waals surface area contributed by atoms with Gasteiger partial charge in [-0.3, -0.25) is 14.3 Å². The summed E-state index contributed by atoms with van der Waals surface area (Å²) in [5.74, 6) is -0.256. The summed E-state index contributed by atoms with van der Waals surface area (Å²) in [5.41, 5.74) is 0.362. The van der Waals surface area contributed by atoms with Crippen molar-refractivity contribution in [1.29, 1.82) is 0 Å². The summed E-state index contributed by atoms with van der Waals surface area (Å²) < 4.78 is 9.22. The minimum atomic E-state index is -0.700. The number of hydrogen-bond acceptors (Lipinski definition) is 9. The quantitative estimate of drug-likeness (QED) is 0.645. The molecular formula is C11H9N7O4. The second-order valence-corrected chi connectivity index (χ2v) is 4.15. The van der Waals surface area contributed by atoms with E-state index in [1.807, 2.05) is 0 Å². The maximum Gasteiger partial charge on any atom is 0.439 e. The first-order valence-electron chi connectivity index (χ1n) is 6.07. The van der Waals surface area contributed by atoms with E-state index < -0.39 is 11.7 Å². The lowest BCUT2D eigenvalue weighted by Crippen LogP contribution is -2.24. The van der Waals surface area contributed by atoms with E-state index in [0.717, 1.165) is 0 Å². The zero-order chi connectivity index (χ0) is 15.5. The molecule has 0 saturated carbocycles. The Morgan fingerprint density at radius 3 is 2.73 bits per heavy atom. The van der Waals surface area contributed by atoms with Crippen LogP contribution in [0.2, 0.25) is 0 Å². The summed E-state index contributed by atoms with van der Waals surface area (Å²) in [5, 5.41) is 9.63. The van der Waals surface area contributed by atoms with Gasteiger partial charge in [-0.1, -0.05) is 10.3 Å². The summed E-state index contributed by atoms with van der Waals surface area (Å²) in [6.07, 6.45) is 2.54. The minimum absolute atomic E-state index is 0.0830. The molecule has 0 unspecified atom stereocenters. The fourth-order valence-corrected chi connectivity index (χ4v) is 1.57. The Balaban J connectivity index is 1.67. The molecule has 0 spiro atoms. The van der Waals surface area contributed by atoms with Gasteiger partial charge in [0.2, 0.25) is 11.7 Å². The molecule has 112 valence electrons. The molecule has 0 fully saturated rings. The summed E-state index contributed by atoms with van der Waals surface area (Å²) in [6, 6.07) is 0. The third-order valence-electron chi connectivity index (χ3n) is 2.54. The van der Waals surface area contributed by atoms with E-state index in [-0.39, 0.29) is 29.6 Å². The Hall–Kier alpha value is -3.37. The number of rotatable bonds is 4. The van der Waals surface area contributed by atoms with Crippen LogP contribution in [-0.4, -0.2) is 36.2 Å². The third kappa shape index (κ3) is 2.87. The molecule has 0 bridgehead atoms. The zero-order valence-electron chi connectivity index (χ0n) is 11.2. The van der Waals surface area contributed by atoms with E-state index in [0.29, 0.717) is 5.82 Å². The molecule has 3 heterocycles. The molecule has 11 nitrogen and oxygen atoms in total. The second kappa shape index (κ2) is 5.55. The van der Waals surface area contributed by atoms with E-state index >= 15 is 0 Å². The normalized spacial score (nSPS) is 10.6. The monoisotopic (exact) mass is 303 g/mol. The predicted molar refractivity (Wildman–Crippen MR) is 68.4 cm³/mol. The fraction of sp³-hybridized carbons (Fsp3) is 0.182. The summed E-state index contributed by atoms with van der Waals surface area (Å²) in [7, 11) is 0. The number of aromatic nitrogens is 6. The van der Waals surface area contributed by atoms with Gasteiger partial charge in [-0.15, -0.1) is 0 Å². The van der Waals surface area contributed by atoms with Crippen molar-refractivity contribution in [3.63, 3.8) is 0 Å². The molecule has 0 aromatic carbocycles. The average Bonchev–Trinajstić information content (AvgIpc) is 3.13. The van der Waals surface area contributed by atoms with Crippen LogP contribution in [0.25, 0.3) is 11.5 Å². The Labute approximate surface area is 121 Å². The van der Waals surface area contributed by atoms with E-state index in [9.17, 15) is 9.59 Å². The first kappa shape index (κ1) is 13.6. The molecule has 0 aliphatic carbocycles. The molecule has 1 amide bonds. The molecule has 22 heavy (non-hydrogen) atoms. The summed E-state index contributed by atoms with van der Waals surface area (Å²) >= 11 is 0. The number of hydrogen-bond donors (Lipinski definition) is 2. The van der Waals surface area contributed by atoms with Gasteiger partial charge in [0.05, 0.1) is 18.9 Å². The molecular weight excluding hydrogens is 294 g/mol. The predicted octanol–water partition coefficient (Wildman–Crippen LogP) is -0.559. The van der Waals surface area contributed by atoms with Crippen molar-refractivity contribution < 1.29 is 13.8 Å². The molecule has 0 atom stereocenters. The molecule has 0 aliphatic heterocycles. The smallest absolute Gasteiger partial charge is 0.342 e. The molecule has 3 aromatic heterocycles. The lowest BCUT2D eigenvalue weighted by molar-refractivity contribution is 0.0941. The van der Waals surface area contributed by atoms with E-state index in [1.54, 1.807) is 6.92 Å². The lowest BCUT2D eigenvalue weighted by Gasteiger charge is -2.01. The van der Waals surface area contributed by atoms with Crippen molar-refractivity contribution in [2.24, 2.45) is 0 Å². The van der Waals surface area contributed by atoms with Crippen molar-refractivity contribution in [2.75, 3.05) is 0 Å². The van der Waals surface area contributed by atoms with Gasteiger partial charge in [-0.2, -0.15) is 4.98 Å². The van der Waals surface area contributed by atoms with Crippen LogP contribution < -0.4 is 11.1 Å². The van der Waals surface area contributed by atoms with E-state index in [2.05, 4.69) is 40.1 Å². The first-order valence-corrected chi connectivity index (χ1v) is 6.07. The second-order valence-electron chi connectivity index (χ2n) is 4.15. The largest absolute Gasteiger partial charge is 0.439 e. The molecule has 3 rings (SSSR count). The van der Waals surface area contributed by atoms with E-state index in [4.69, 9.17) is 4.52 Å². The van der Waals surface area contributed by atoms with Crippen LogP contribution in [0.15, 0.2) is 26.2 Å². The van der Waals surface area contributed by atoms with Crippen molar-refractivity contribution in [3.05, 3.63) is 40.4 Å². The molecule has 3 aromatic rings. The van der Waals surface area contributed by atoms with Gasteiger partial charge in [0.1, 0.15) is 11.4 Å². The molecule has 0 saturated heterocycles. The number of H-pyrrole nitrogens is 1. The van der Waals surface area contributed by atoms with Gasteiger partial charge < -0.3 is 9.84 Å². The number of amides is 1. The molecule has 0 radical (unpaired) electrons. The Kier molecular flexibility index (Phi) is 3.43. The Bertz CT molecular complexity index is 848. The fourth-order valence-electron chi connectivity index (χ4n) is 1.57. The van der Waals surface area contributed by atoms with E-state index in [1.165, 1.54) is 12.4 Å². The minimum Gasteiger partial charge on any atom is -0.342 e. The van der Waals surface area contributed by atoms with Gasteiger partial charge in [-0.25, -0.2) is 14.8 Å². The number of aryl methyl sites for hydroxylation is 1. The number of nitrogens with zero attached hydrogens (tertiary/aromatic N) is 5. The summed E-state index contributed by atoms with van der Waals surface area (Å²) in [4.78, 5) is 36.9. The van der Waals surface area contributed by atoms with Gasteiger partial charge in [0, 0.05) is 0 Å². The highest BCUT2D eigenvalue weighted by Gasteiger charge is 2.12. The van der Waals surface area contributed by atoms with Gasteiger partial charge in [0.25, 0.3) is 5.91 Å². The highest BCUT2D eigenvalue weighted by Crippen LogP contribution is 2.07. The van der Waals surface area contributed by atoms with Crippen molar-refractivity contribution in [3.8, 4) is 11.5 Å². The third-order valence-corrected chi connectivity index (χ3v) is 2.54. The topological polar surface area (TPSA) is 153 Å². The summed E-state index contributed by atoms with van der Waals surface area (Å²) in [6.45, 7) is 1.76. The SMILES string of the molecule is Cc1noc(CNC(=O)c2cnc(-c3noc(=O)[nH]3)cn2)n1. The zero-order valence-corrected chi connectivity index (χ0v) is 11.2. The van der Waals surface area contributed by atoms with Crippen LogP contribution >= 0.6 is 0 Å². The lowest BCUT2D eigenvalue weighted by atomic mass is 10.3. The average molecular weight is 303 g/mol. The van der Waals surface area contributed by atoms with Crippen LogP contribution in [0.1, 0.15) is 22.2 Å². The standard InChI is InChI=1S/C11H9N7O4/c1-5-15-8(21-17-5)4-14-10(19)7-3-12-6(2-13-7)9-16-11(20)22-18-9/h2-3H,4H2,1H3,(H,14,19)(H,16,18,20). The van der Waals surface area contributed by atoms with Crippen molar-refractivity contribution in [2.45, 2.75) is 13.5 Å². The highest BCUT2D eigenvalue weighted by atomic mass is 16.5. The molecule has 11 heteroatoms. The number of aromatic amines is 1. The van der Waals surface area contributed by atoms with Crippen molar-refractivity contribution in [1.82, 2.24) is 35.6 Å². The van der Waals surface area contributed by atoms with Crippen LogP contribution in [-0.2, 0) is 6.54 Å². The highest BCUT2D eigenvalue weighted by molar-refractivity contribution is 5.91. The maximum absolute atomic E-state index is 11.9. The Morgan fingerprint density at radius 1 is 1.27 bits per heavy atom. The number of nitrogens with one attached hydrogen (secondary N) is 2. The van der Waals surface area contributed by atoms with Crippen LogP contribution in [0.5, 0.6) is 0 Å². The van der Waals surface area contributed by atoms with Gasteiger partial charge in [0.15, 0.2) is 5.82 Å². The van der Waals surface area contributed by atoms with Crippen LogP contribution in [0, 0.1) is 6.92 Å².